The van der Waals surface area contributed by atoms with Crippen molar-refractivity contribution in [1.29, 1.82) is 0 Å². The molecule has 3 aromatic heterocycles. The molecule has 1 atom stereocenters. The Morgan fingerprint density at radius 3 is 3.06 bits per heavy atom. The van der Waals surface area contributed by atoms with E-state index in [1.807, 2.05) is 25.1 Å². The van der Waals surface area contributed by atoms with Crippen molar-refractivity contribution in [3.63, 3.8) is 0 Å². The lowest BCUT2D eigenvalue weighted by atomic mass is 10.2. The maximum Gasteiger partial charge on any atom is 0.296 e. The normalized spacial score (nSPS) is 12.7. The summed E-state index contributed by atoms with van der Waals surface area (Å²) in [5.74, 6) is 0. The Kier molecular flexibility index (Phi) is 2.36. The van der Waals surface area contributed by atoms with Gasteiger partial charge < -0.3 is 0 Å². The molecule has 3 aromatic rings. The average Bonchev–Trinajstić information content (AvgIpc) is 2.89. The number of hydrogen-bond donors (Lipinski definition) is 1. The van der Waals surface area contributed by atoms with Crippen molar-refractivity contribution >= 4 is 11.0 Å². The zero-order valence-electron chi connectivity index (χ0n) is 9.61. The first-order chi connectivity index (χ1) is 8.77. The van der Waals surface area contributed by atoms with Gasteiger partial charge in [-0.05, 0) is 19.1 Å². The molecule has 0 aliphatic heterocycles. The monoisotopic (exact) mass is 242 g/mol. The number of pyridine rings is 1. The topological polar surface area (TPSA) is 89.3 Å². The Morgan fingerprint density at radius 2 is 2.28 bits per heavy atom. The van der Waals surface area contributed by atoms with Crippen molar-refractivity contribution in [2.45, 2.75) is 13.0 Å². The Balaban J connectivity index is 2.15. The SMILES string of the molecule is C[C@@H](c1ccccn1)n1nnc2cn[nH]c2c1=O. The molecule has 0 bridgehead atoms. The van der Waals surface area contributed by atoms with E-state index in [2.05, 4.69) is 25.5 Å². The molecule has 0 fully saturated rings. The van der Waals surface area contributed by atoms with Gasteiger partial charge in [-0.3, -0.25) is 14.9 Å². The van der Waals surface area contributed by atoms with Gasteiger partial charge in [0.1, 0.15) is 5.52 Å². The number of aromatic nitrogens is 6. The zero-order valence-corrected chi connectivity index (χ0v) is 9.61. The van der Waals surface area contributed by atoms with E-state index in [1.165, 1.54) is 10.9 Å². The van der Waals surface area contributed by atoms with Crippen LogP contribution in [0.4, 0.5) is 0 Å². The van der Waals surface area contributed by atoms with Crippen molar-refractivity contribution in [2.24, 2.45) is 0 Å². The predicted octanol–water partition coefficient (Wildman–Crippen LogP) is 0.519. The first-order valence-electron chi connectivity index (χ1n) is 5.47. The van der Waals surface area contributed by atoms with Gasteiger partial charge in [-0.25, -0.2) is 4.68 Å². The van der Waals surface area contributed by atoms with Gasteiger partial charge in [0.05, 0.1) is 17.9 Å². The Hall–Kier alpha value is -2.57. The Labute approximate surface area is 101 Å². The molecular formula is C11H10N6O. The van der Waals surface area contributed by atoms with Crippen molar-refractivity contribution in [2.75, 3.05) is 0 Å². The van der Waals surface area contributed by atoms with Crippen LogP contribution < -0.4 is 5.56 Å². The van der Waals surface area contributed by atoms with Crippen LogP contribution in [0.25, 0.3) is 11.0 Å². The Morgan fingerprint density at radius 1 is 1.39 bits per heavy atom. The van der Waals surface area contributed by atoms with Gasteiger partial charge >= 0.3 is 0 Å². The number of aromatic amines is 1. The van der Waals surface area contributed by atoms with E-state index in [1.54, 1.807) is 6.20 Å². The summed E-state index contributed by atoms with van der Waals surface area (Å²) in [6, 6.07) is 5.25. The van der Waals surface area contributed by atoms with E-state index in [0.29, 0.717) is 11.0 Å². The van der Waals surface area contributed by atoms with Crippen molar-refractivity contribution in [3.05, 3.63) is 46.6 Å². The molecule has 0 spiro atoms. The molecule has 90 valence electrons. The fourth-order valence-corrected chi connectivity index (χ4v) is 1.77. The molecule has 0 aliphatic carbocycles. The number of nitrogens with one attached hydrogen (secondary N) is 1. The maximum absolute atomic E-state index is 12.2. The second-order valence-corrected chi connectivity index (χ2v) is 3.90. The second kappa shape index (κ2) is 4.02. The van der Waals surface area contributed by atoms with Gasteiger partial charge in [0.25, 0.3) is 5.56 Å². The average molecular weight is 242 g/mol. The minimum atomic E-state index is -0.279. The van der Waals surface area contributed by atoms with E-state index >= 15 is 0 Å². The number of nitrogens with zero attached hydrogens (tertiary/aromatic N) is 5. The van der Waals surface area contributed by atoms with Crippen molar-refractivity contribution in [1.82, 2.24) is 30.2 Å². The first-order valence-corrected chi connectivity index (χ1v) is 5.47. The molecular weight excluding hydrogens is 232 g/mol. The third kappa shape index (κ3) is 1.56. The summed E-state index contributed by atoms with van der Waals surface area (Å²) < 4.78 is 1.29. The van der Waals surface area contributed by atoms with Crippen LogP contribution in [0, 0.1) is 0 Å². The summed E-state index contributed by atoms with van der Waals surface area (Å²) in [6.45, 7) is 1.85. The van der Waals surface area contributed by atoms with Gasteiger partial charge in [0, 0.05) is 6.20 Å². The van der Waals surface area contributed by atoms with Gasteiger partial charge in [-0.2, -0.15) is 5.10 Å². The molecule has 3 heterocycles. The number of hydrogen-bond acceptors (Lipinski definition) is 5. The third-order valence-electron chi connectivity index (χ3n) is 2.77. The highest BCUT2D eigenvalue weighted by Crippen LogP contribution is 2.11. The summed E-state index contributed by atoms with van der Waals surface area (Å²) in [7, 11) is 0. The fraction of sp³-hybridized carbons (Fsp3) is 0.182. The van der Waals surface area contributed by atoms with Crippen LogP contribution in [-0.2, 0) is 0 Å². The van der Waals surface area contributed by atoms with Crippen molar-refractivity contribution < 1.29 is 0 Å². The van der Waals surface area contributed by atoms with Gasteiger partial charge in [0.15, 0.2) is 5.52 Å². The summed E-state index contributed by atoms with van der Waals surface area (Å²) >= 11 is 0. The molecule has 0 radical (unpaired) electrons. The Bertz CT molecular complexity index is 732. The first kappa shape index (κ1) is 10.6. The zero-order chi connectivity index (χ0) is 12.5. The molecule has 18 heavy (non-hydrogen) atoms. The van der Waals surface area contributed by atoms with Crippen LogP contribution in [0.3, 0.4) is 0 Å². The van der Waals surface area contributed by atoms with E-state index < -0.39 is 0 Å². The molecule has 0 saturated heterocycles. The quantitative estimate of drug-likeness (QED) is 0.707. The molecule has 0 saturated carbocycles. The number of rotatable bonds is 2. The third-order valence-corrected chi connectivity index (χ3v) is 2.77. The maximum atomic E-state index is 12.2. The second-order valence-electron chi connectivity index (χ2n) is 3.90. The molecule has 0 amide bonds. The summed E-state index contributed by atoms with van der Waals surface area (Å²) in [4.78, 5) is 16.4. The minimum absolute atomic E-state index is 0.254. The molecule has 7 heteroatoms. The lowest BCUT2D eigenvalue weighted by Gasteiger charge is -2.11. The predicted molar refractivity (Wildman–Crippen MR) is 64.0 cm³/mol. The van der Waals surface area contributed by atoms with E-state index in [9.17, 15) is 4.79 Å². The number of H-pyrrole nitrogens is 1. The van der Waals surface area contributed by atoms with Crippen LogP contribution in [0.15, 0.2) is 35.4 Å². The molecule has 0 unspecified atom stereocenters. The number of fused-ring (bicyclic) bond motifs is 1. The van der Waals surface area contributed by atoms with Gasteiger partial charge in [0.2, 0.25) is 0 Å². The van der Waals surface area contributed by atoms with Crippen LogP contribution in [0.5, 0.6) is 0 Å². The van der Waals surface area contributed by atoms with Crippen LogP contribution in [0.2, 0.25) is 0 Å². The lowest BCUT2D eigenvalue weighted by Crippen LogP contribution is -2.28. The standard InChI is InChI=1S/C11H10N6O/c1-7(8-4-2-3-5-12-8)17-11(18)10-9(14-16-17)6-13-15-10/h2-7H,1H3,(H,13,15)/t7-/m0/s1. The summed E-state index contributed by atoms with van der Waals surface area (Å²) in [5, 5.41) is 14.3. The highest BCUT2D eigenvalue weighted by Gasteiger charge is 2.15. The van der Waals surface area contributed by atoms with Crippen LogP contribution in [-0.4, -0.2) is 30.2 Å². The molecule has 7 nitrogen and oxygen atoms in total. The minimum Gasteiger partial charge on any atom is -0.271 e. The summed E-state index contributed by atoms with van der Waals surface area (Å²) in [5.41, 5.74) is 1.32. The van der Waals surface area contributed by atoms with Gasteiger partial charge in [-0.1, -0.05) is 11.3 Å². The van der Waals surface area contributed by atoms with Crippen LogP contribution >= 0.6 is 0 Å². The van der Waals surface area contributed by atoms with E-state index in [-0.39, 0.29) is 11.6 Å². The molecule has 3 rings (SSSR count). The highest BCUT2D eigenvalue weighted by atomic mass is 16.1. The van der Waals surface area contributed by atoms with E-state index in [0.717, 1.165) is 5.69 Å². The summed E-state index contributed by atoms with van der Waals surface area (Å²) in [6.07, 6.45) is 3.15. The molecule has 0 aliphatic rings. The van der Waals surface area contributed by atoms with Crippen LogP contribution in [0.1, 0.15) is 18.7 Å². The largest absolute Gasteiger partial charge is 0.296 e. The highest BCUT2D eigenvalue weighted by molar-refractivity contribution is 5.70. The lowest BCUT2D eigenvalue weighted by molar-refractivity contribution is 0.497. The fourth-order valence-electron chi connectivity index (χ4n) is 1.77. The molecule has 1 N–H and O–H groups in total. The van der Waals surface area contributed by atoms with Gasteiger partial charge in [-0.15, -0.1) is 5.10 Å². The van der Waals surface area contributed by atoms with E-state index in [4.69, 9.17) is 0 Å². The molecule has 0 aromatic carbocycles. The van der Waals surface area contributed by atoms with Crippen molar-refractivity contribution in [3.8, 4) is 0 Å². The smallest absolute Gasteiger partial charge is 0.271 e.